The van der Waals surface area contributed by atoms with E-state index in [4.69, 9.17) is 4.74 Å². The van der Waals surface area contributed by atoms with E-state index in [-0.39, 0.29) is 11.7 Å². The summed E-state index contributed by atoms with van der Waals surface area (Å²) in [6.45, 7) is 2.86. The molecule has 0 bridgehead atoms. The first-order valence-corrected chi connectivity index (χ1v) is 6.64. The van der Waals surface area contributed by atoms with Gasteiger partial charge in [-0.15, -0.1) is 0 Å². The number of hydrogen-bond acceptors (Lipinski definition) is 2. The molecule has 1 aliphatic heterocycles. The summed E-state index contributed by atoms with van der Waals surface area (Å²) in [4.78, 5) is 0. The quantitative estimate of drug-likeness (QED) is 0.866. The van der Waals surface area contributed by atoms with Gasteiger partial charge in [0, 0.05) is 6.42 Å². The molecule has 0 saturated carbocycles. The Hall–Kier alpha value is -0.860. The largest absolute Gasteiger partial charge is 0.393 e. The van der Waals surface area contributed by atoms with Gasteiger partial charge in [-0.05, 0) is 18.4 Å². The molecule has 0 spiro atoms. The molecule has 17 heavy (non-hydrogen) atoms. The molecule has 1 N–H and O–H groups in total. The van der Waals surface area contributed by atoms with Gasteiger partial charge in [0.05, 0.1) is 18.3 Å². The maximum atomic E-state index is 9.93. The summed E-state index contributed by atoms with van der Waals surface area (Å²) in [7, 11) is 0. The predicted molar refractivity (Wildman–Crippen MR) is 68.8 cm³/mol. The summed E-state index contributed by atoms with van der Waals surface area (Å²) in [5.41, 5.74) is 0.960. The third-order valence-electron chi connectivity index (χ3n) is 3.63. The van der Waals surface area contributed by atoms with Crippen LogP contribution in [0.15, 0.2) is 30.3 Å². The van der Waals surface area contributed by atoms with Gasteiger partial charge in [-0.2, -0.15) is 0 Å². The van der Waals surface area contributed by atoms with Gasteiger partial charge in [-0.3, -0.25) is 0 Å². The molecule has 0 amide bonds. The molecule has 1 aromatic rings. The van der Waals surface area contributed by atoms with Crippen molar-refractivity contribution in [2.24, 2.45) is 0 Å². The summed E-state index contributed by atoms with van der Waals surface area (Å²) >= 11 is 0. The first-order valence-electron chi connectivity index (χ1n) is 6.64. The van der Waals surface area contributed by atoms with Crippen molar-refractivity contribution in [1.29, 1.82) is 0 Å². The molecule has 1 aromatic carbocycles. The minimum Gasteiger partial charge on any atom is -0.393 e. The maximum absolute atomic E-state index is 9.93. The van der Waals surface area contributed by atoms with Gasteiger partial charge < -0.3 is 9.84 Å². The molecule has 2 rings (SSSR count). The van der Waals surface area contributed by atoms with Crippen molar-refractivity contribution in [2.45, 2.75) is 50.7 Å². The van der Waals surface area contributed by atoms with Crippen LogP contribution in [0.25, 0.3) is 0 Å². The number of benzene rings is 1. The van der Waals surface area contributed by atoms with Crippen LogP contribution in [-0.4, -0.2) is 17.8 Å². The summed E-state index contributed by atoms with van der Waals surface area (Å²) < 4.78 is 6.06. The summed E-state index contributed by atoms with van der Waals surface area (Å²) in [5.74, 6) is 0. The smallest absolute Gasteiger partial charge is 0.0955 e. The fourth-order valence-electron chi connectivity index (χ4n) is 2.66. The summed E-state index contributed by atoms with van der Waals surface area (Å²) in [6, 6.07) is 10.4. The molecule has 2 unspecified atom stereocenters. The average molecular weight is 234 g/mol. The zero-order valence-electron chi connectivity index (χ0n) is 10.6. The Kier molecular flexibility index (Phi) is 4.19. The Morgan fingerprint density at radius 3 is 2.76 bits per heavy atom. The Balaban J connectivity index is 2.23. The van der Waals surface area contributed by atoms with E-state index < -0.39 is 0 Å². The van der Waals surface area contributed by atoms with Crippen molar-refractivity contribution in [3.8, 4) is 0 Å². The van der Waals surface area contributed by atoms with Gasteiger partial charge in [0.1, 0.15) is 0 Å². The van der Waals surface area contributed by atoms with E-state index in [2.05, 4.69) is 19.1 Å². The minimum atomic E-state index is -0.255. The molecule has 1 aliphatic rings. The van der Waals surface area contributed by atoms with Gasteiger partial charge >= 0.3 is 0 Å². The second-order valence-corrected chi connectivity index (χ2v) is 4.96. The van der Waals surface area contributed by atoms with E-state index in [0.29, 0.717) is 6.61 Å². The maximum Gasteiger partial charge on any atom is 0.0955 e. The predicted octanol–water partition coefficient (Wildman–Crippen LogP) is 3.24. The van der Waals surface area contributed by atoms with Crippen LogP contribution in [0.3, 0.4) is 0 Å². The lowest BCUT2D eigenvalue weighted by Crippen LogP contribution is -2.39. The molecule has 2 nitrogen and oxygen atoms in total. The van der Waals surface area contributed by atoms with Gasteiger partial charge in [-0.25, -0.2) is 0 Å². The van der Waals surface area contributed by atoms with Gasteiger partial charge in [0.2, 0.25) is 0 Å². The van der Waals surface area contributed by atoms with Crippen LogP contribution < -0.4 is 0 Å². The lowest BCUT2D eigenvalue weighted by atomic mass is 9.81. The normalized spacial score (nSPS) is 29.2. The Morgan fingerprint density at radius 2 is 2.12 bits per heavy atom. The topological polar surface area (TPSA) is 29.5 Å². The number of rotatable bonds is 4. The molecule has 0 aromatic heterocycles. The molecular formula is C15H22O2. The molecule has 0 radical (unpaired) electrons. The van der Waals surface area contributed by atoms with Crippen LogP contribution in [0, 0.1) is 0 Å². The molecule has 94 valence electrons. The van der Waals surface area contributed by atoms with E-state index in [1.165, 1.54) is 5.56 Å². The number of aliphatic hydroxyl groups excluding tert-OH is 1. The SMILES string of the molecule is CCCCC1(c2ccccc2)CC(O)CCO1. The highest BCUT2D eigenvalue weighted by molar-refractivity contribution is 5.23. The minimum absolute atomic E-state index is 0.221. The van der Waals surface area contributed by atoms with Crippen LogP contribution in [0.5, 0.6) is 0 Å². The molecule has 1 saturated heterocycles. The molecule has 1 fully saturated rings. The van der Waals surface area contributed by atoms with Gasteiger partial charge in [-0.1, -0.05) is 50.1 Å². The average Bonchev–Trinajstić information content (AvgIpc) is 2.37. The lowest BCUT2D eigenvalue weighted by molar-refractivity contribution is -0.129. The molecular weight excluding hydrogens is 212 g/mol. The highest BCUT2D eigenvalue weighted by atomic mass is 16.5. The standard InChI is InChI=1S/C15H22O2/c1-2-3-10-15(12-14(16)9-11-17-15)13-7-5-4-6-8-13/h4-8,14,16H,2-3,9-12H2,1H3. The number of aliphatic hydroxyl groups is 1. The van der Waals surface area contributed by atoms with Crippen LogP contribution in [0.1, 0.15) is 44.6 Å². The van der Waals surface area contributed by atoms with Crippen molar-refractivity contribution in [3.63, 3.8) is 0 Å². The number of hydrogen-bond donors (Lipinski definition) is 1. The highest BCUT2D eigenvalue weighted by Gasteiger charge is 2.37. The lowest BCUT2D eigenvalue weighted by Gasteiger charge is -2.40. The third-order valence-corrected chi connectivity index (χ3v) is 3.63. The zero-order chi connectivity index (χ0) is 12.1. The first-order chi connectivity index (χ1) is 8.27. The van der Waals surface area contributed by atoms with E-state index in [1.807, 2.05) is 18.2 Å². The fourth-order valence-corrected chi connectivity index (χ4v) is 2.66. The number of unbranched alkanes of at least 4 members (excludes halogenated alkanes) is 1. The molecule has 2 atom stereocenters. The highest BCUT2D eigenvalue weighted by Crippen LogP contribution is 2.39. The van der Waals surface area contributed by atoms with Crippen LogP contribution in [0.4, 0.5) is 0 Å². The van der Waals surface area contributed by atoms with Crippen molar-refractivity contribution in [2.75, 3.05) is 6.61 Å². The van der Waals surface area contributed by atoms with Crippen molar-refractivity contribution in [3.05, 3.63) is 35.9 Å². The van der Waals surface area contributed by atoms with Crippen molar-refractivity contribution >= 4 is 0 Å². The molecule has 2 heteroatoms. The first kappa shape index (κ1) is 12.6. The van der Waals surface area contributed by atoms with Crippen LogP contribution >= 0.6 is 0 Å². The Morgan fingerprint density at radius 1 is 1.35 bits per heavy atom. The van der Waals surface area contributed by atoms with E-state index in [1.54, 1.807) is 0 Å². The fraction of sp³-hybridized carbons (Fsp3) is 0.600. The Bertz CT molecular complexity index is 336. The van der Waals surface area contributed by atoms with E-state index in [9.17, 15) is 5.11 Å². The second-order valence-electron chi connectivity index (χ2n) is 4.96. The summed E-state index contributed by atoms with van der Waals surface area (Å²) in [6.07, 6.45) is 4.58. The third kappa shape index (κ3) is 2.88. The Labute approximate surface area is 104 Å². The van der Waals surface area contributed by atoms with Crippen LogP contribution in [0.2, 0.25) is 0 Å². The van der Waals surface area contributed by atoms with Gasteiger partial charge in [0.25, 0.3) is 0 Å². The zero-order valence-corrected chi connectivity index (χ0v) is 10.6. The molecule has 1 heterocycles. The second kappa shape index (κ2) is 5.65. The van der Waals surface area contributed by atoms with Crippen molar-refractivity contribution in [1.82, 2.24) is 0 Å². The monoisotopic (exact) mass is 234 g/mol. The van der Waals surface area contributed by atoms with E-state index >= 15 is 0 Å². The molecule has 0 aliphatic carbocycles. The summed E-state index contributed by atoms with van der Waals surface area (Å²) in [5, 5.41) is 9.93. The van der Waals surface area contributed by atoms with E-state index in [0.717, 1.165) is 32.1 Å². The van der Waals surface area contributed by atoms with Crippen LogP contribution in [-0.2, 0) is 10.3 Å². The van der Waals surface area contributed by atoms with Gasteiger partial charge in [0.15, 0.2) is 0 Å². The number of ether oxygens (including phenoxy) is 1. The van der Waals surface area contributed by atoms with Crippen molar-refractivity contribution < 1.29 is 9.84 Å².